The fourth-order valence-electron chi connectivity index (χ4n) is 4.50. The molecule has 0 radical (unpaired) electrons. The quantitative estimate of drug-likeness (QED) is 0.508. The van der Waals surface area contributed by atoms with Crippen LogP contribution < -0.4 is 5.32 Å². The van der Waals surface area contributed by atoms with Crippen molar-refractivity contribution >= 4 is 15.9 Å². The lowest BCUT2D eigenvalue weighted by Crippen LogP contribution is -2.46. The van der Waals surface area contributed by atoms with E-state index in [1.807, 2.05) is 72.3 Å². The second kappa shape index (κ2) is 11.0. The Hall–Kier alpha value is -2.97. The molecule has 34 heavy (non-hydrogen) atoms. The summed E-state index contributed by atoms with van der Waals surface area (Å²) in [5.74, 6) is 0.550. The van der Waals surface area contributed by atoms with E-state index in [1.165, 1.54) is 4.31 Å². The molecule has 1 aliphatic rings. The SMILES string of the molecule is Cc1nccn1-c1ccccc1CNC(=O)[C@@H]1CCCN(S(=O)(=O)CCCc2ccccc2)C1. The number of sulfonamides is 1. The van der Waals surface area contributed by atoms with Crippen molar-refractivity contribution in [1.29, 1.82) is 0 Å². The maximum Gasteiger partial charge on any atom is 0.224 e. The smallest absolute Gasteiger partial charge is 0.224 e. The minimum atomic E-state index is -3.39. The molecule has 1 saturated heterocycles. The third-order valence-electron chi connectivity index (χ3n) is 6.39. The molecule has 180 valence electrons. The van der Waals surface area contributed by atoms with Gasteiger partial charge in [-0.15, -0.1) is 0 Å². The van der Waals surface area contributed by atoms with Crippen molar-refractivity contribution in [1.82, 2.24) is 19.2 Å². The van der Waals surface area contributed by atoms with E-state index in [0.717, 1.165) is 29.1 Å². The van der Waals surface area contributed by atoms with Crippen molar-refractivity contribution in [2.24, 2.45) is 5.92 Å². The van der Waals surface area contributed by atoms with E-state index in [2.05, 4.69) is 10.3 Å². The normalized spacial score (nSPS) is 16.9. The first-order chi connectivity index (χ1) is 16.4. The summed E-state index contributed by atoms with van der Waals surface area (Å²) in [5.41, 5.74) is 3.10. The van der Waals surface area contributed by atoms with Gasteiger partial charge in [0.1, 0.15) is 5.82 Å². The van der Waals surface area contributed by atoms with Crippen LogP contribution in [0.4, 0.5) is 0 Å². The molecule has 2 heterocycles. The van der Waals surface area contributed by atoms with Gasteiger partial charge in [-0.25, -0.2) is 17.7 Å². The first-order valence-corrected chi connectivity index (χ1v) is 13.4. The molecule has 1 N–H and O–H groups in total. The predicted molar refractivity (Wildman–Crippen MR) is 133 cm³/mol. The molecule has 0 unspecified atom stereocenters. The number of hydrogen-bond donors (Lipinski definition) is 1. The van der Waals surface area contributed by atoms with Crippen LogP contribution in [0.2, 0.25) is 0 Å². The number of carbonyl (C=O) groups is 1. The van der Waals surface area contributed by atoms with E-state index in [-0.39, 0.29) is 24.1 Å². The van der Waals surface area contributed by atoms with Crippen LogP contribution in [0, 0.1) is 12.8 Å². The summed E-state index contributed by atoms with van der Waals surface area (Å²) in [6.07, 6.45) is 6.35. The van der Waals surface area contributed by atoms with Crippen molar-refractivity contribution in [3.05, 3.63) is 83.9 Å². The van der Waals surface area contributed by atoms with E-state index < -0.39 is 10.0 Å². The van der Waals surface area contributed by atoms with Gasteiger partial charge < -0.3 is 9.88 Å². The first-order valence-electron chi connectivity index (χ1n) is 11.8. The van der Waals surface area contributed by atoms with Gasteiger partial charge in [0.05, 0.1) is 17.4 Å². The molecule has 1 amide bonds. The topological polar surface area (TPSA) is 84.3 Å². The molecule has 8 heteroatoms. The van der Waals surface area contributed by atoms with Crippen LogP contribution in [-0.4, -0.2) is 47.0 Å². The molecule has 3 aromatic rings. The average Bonchev–Trinajstić information content (AvgIpc) is 3.29. The molecule has 1 atom stereocenters. The van der Waals surface area contributed by atoms with Crippen LogP contribution in [0.25, 0.3) is 5.69 Å². The highest BCUT2D eigenvalue weighted by atomic mass is 32.2. The molecule has 2 aromatic carbocycles. The second-order valence-electron chi connectivity index (χ2n) is 8.79. The number of para-hydroxylation sites is 1. The molecular weight excluding hydrogens is 448 g/mol. The lowest BCUT2D eigenvalue weighted by atomic mass is 9.98. The zero-order valence-electron chi connectivity index (χ0n) is 19.6. The summed E-state index contributed by atoms with van der Waals surface area (Å²) >= 11 is 0. The lowest BCUT2D eigenvalue weighted by molar-refractivity contribution is -0.126. The third-order valence-corrected chi connectivity index (χ3v) is 8.31. The Morgan fingerprint density at radius 3 is 2.65 bits per heavy atom. The summed E-state index contributed by atoms with van der Waals surface area (Å²) in [6.45, 7) is 3.06. The Kier molecular flexibility index (Phi) is 7.80. The zero-order chi connectivity index (χ0) is 24.0. The Balaban J connectivity index is 1.33. The number of carbonyl (C=O) groups excluding carboxylic acids is 1. The summed E-state index contributed by atoms with van der Waals surface area (Å²) in [5, 5.41) is 3.03. The molecule has 1 fully saturated rings. The van der Waals surface area contributed by atoms with E-state index in [1.54, 1.807) is 6.20 Å². The molecule has 1 aromatic heterocycles. The number of nitrogens with one attached hydrogen (secondary N) is 1. The van der Waals surface area contributed by atoms with Gasteiger partial charge in [0, 0.05) is 32.0 Å². The van der Waals surface area contributed by atoms with Crippen molar-refractivity contribution in [3.8, 4) is 5.69 Å². The molecule has 0 bridgehead atoms. The van der Waals surface area contributed by atoms with Crippen LogP contribution in [0.15, 0.2) is 67.0 Å². The third kappa shape index (κ3) is 5.93. The lowest BCUT2D eigenvalue weighted by Gasteiger charge is -2.31. The van der Waals surface area contributed by atoms with Gasteiger partial charge in [0.25, 0.3) is 0 Å². The summed E-state index contributed by atoms with van der Waals surface area (Å²) in [4.78, 5) is 17.2. The van der Waals surface area contributed by atoms with Gasteiger partial charge in [0.15, 0.2) is 0 Å². The molecule has 0 saturated carbocycles. The summed E-state index contributed by atoms with van der Waals surface area (Å²) in [6, 6.07) is 17.8. The van der Waals surface area contributed by atoms with E-state index in [9.17, 15) is 13.2 Å². The fourth-order valence-corrected chi connectivity index (χ4v) is 6.08. The van der Waals surface area contributed by atoms with E-state index >= 15 is 0 Å². The summed E-state index contributed by atoms with van der Waals surface area (Å²) < 4.78 is 29.3. The van der Waals surface area contributed by atoms with Gasteiger partial charge >= 0.3 is 0 Å². The van der Waals surface area contributed by atoms with Crippen LogP contribution in [-0.2, 0) is 27.8 Å². The van der Waals surface area contributed by atoms with Crippen molar-refractivity contribution < 1.29 is 13.2 Å². The largest absolute Gasteiger partial charge is 0.352 e. The second-order valence-corrected chi connectivity index (χ2v) is 10.9. The highest BCUT2D eigenvalue weighted by Gasteiger charge is 2.32. The van der Waals surface area contributed by atoms with Crippen molar-refractivity contribution in [2.75, 3.05) is 18.8 Å². The zero-order valence-corrected chi connectivity index (χ0v) is 20.4. The molecule has 0 spiro atoms. The standard InChI is InChI=1S/C26H32N4O3S/c1-21-27-15-17-30(21)25-14-6-5-12-23(25)19-28-26(31)24-13-7-16-29(20-24)34(32,33)18-8-11-22-9-3-2-4-10-22/h2-6,9-10,12,14-15,17,24H,7-8,11,13,16,18-20H2,1H3,(H,28,31)/t24-/m1/s1. The molecule has 7 nitrogen and oxygen atoms in total. The maximum absolute atomic E-state index is 13.0. The number of piperidine rings is 1. The number of nitrogens with zero attached hydrogens (tertiary/aromatic N) is 3. The van der Waals surface area contributed by atoms with Gasteiger partial charge in [-0.05, 0) is 49.8 Å². The van der Waals surface area contributed by atoms with Crippen LogP contribution >= 0.6 is 0 Å². The fraction of sp³-hybridized carbons (Fsp3) is 0.385. The molecular formula is C26H32N4O3S. The predicted octanol–water partition coefficient (Wildman–Crippen LogP) is 3.47. The Labute approximate surface area is 201 Å². The first kappa shape index (κ1) is 24.2. The number of aromatic nitrogens is 2. The number of hydrogen-bond acceptors (Lipinski definition) is 4. The Morgan fingerprint density at radius 2 is 1.88 bits per heavy atom. The van der Waals surface area contributed by atoms with Gasteiger partial charge in [-0.3, -0.25) is 4.79 Å². The number of benzene rings is 2. The number of amides is 1. The van der Waals surface area contributed by atoms with Gasteiger partial charge in [-0.2, -0.15) is 0 Å². The summed E-state index contributed by atoms with van der Waals surface area (Å²) in [7, 11) is -3.39. The molecule has 4 rings (SSSR count). The van der Waals surface area contributed by atoms with Crippen LogP contribution in [0.1, 0.15) is 36.2 Å². The maximum atomic E-state index is 13.0. The van der Waals surface area contributed by atoms with Crippen LogP contribution in [0.5, 0.6) is 0 Å². The van der Waals surface area contributed by atoms with Crippen LogP contribution in [0.3, 0.4) is 0 Å². The molecule has 1 aliphatic heterocycles. The molecule has 0 aliphatic carbocycles. The number of aryl methyl sites for hydroxylation is 2. The number of rotatable bonds is 9. The van der Waals surface area contributed by atoms with Crippen molar-refractivity contribution in [2.45, 2.75) is 39.2 Å². The highest BCUT2D eigenvalue weighted by molar-refractivity contribution is 7.89. The minimum absolute atomic E-state index is 0.0960. The Morgan fingerprint density at radius 1 is 1.12 bits per heavy atom. The Bertz CT molecular complexity index is 1210. The average molecular weight is 481 g/mol. The van der Waals surface area contributed by atoms with E-state index in [4.69, 9.17) is 0 Å². The van der Waals surface area contributed by atoms with E-state index in [0.29, 0.717) is 32.4 Å². The number of imidazole rings is 1. The van der Waals surface area contributed by atoms with Gasteiger partial charge in [-0.1, -0.05) is 48.5 Å². The monoisotopic (exact) mass is 480 g/mol. The minimum Gasteiger partial charge on any atom is -0.352 e. The van der Waals surface area contributed by atoms with Gasteiger partial charge in [0.2, 0.25) is 15.9 Å². The van der Waals surface area contributed by atoms with Crippen molar-refractivity contribution in [3.63, 3.8) is 0 Å². The highest BCUT2D eigenvalue weighted by Crippen LogP contribution is 2.21.